The maximum Gasteiger partial charge on any atom is 0.121 e. The molecule has 0 bridgehead atoms. The Hall–Kier alpha value is -0.590. The molecular weight excluding hydrogens is 198 g/mol. The number of nitrogens with one attached hydrogen (secondary N) is 1. The maximum absolute atomic E-state index is 9.45. The SMILES string of the molecule is CC1CC(C#N)(NCC2CC2)CN1C1CC1. The molecule has 3 nitrogen and oxygen atoms in total. The molecule has 1 heterocycles. The second kappa shape index (κ2) is 3.72. The van der Waals surface area contributed by atoms with E-state index < -0.39 is 0 Å². The summed E-state index contributed by atoms with van der Waals surface area (Å²) in [6, 6.07) is 3.92. The first-order valence-electron chi connectivity index (χ1n) is 6.64. The third kappa shape index (κ3) is 1.97. The topological polar surface area (TPSA) is 39.1 Å². The molecule has 0 aromatic heterocycles. The van der Waals surface area contributed by atoms with E-state index in [-0.39, 0.29) is 5.54 Å². The van der Waals surface area contributed by atoms with Crippen molar-refractivity contribution in [2.45, 2.75) is 56.7 Å². The van der Waals surface area contributed by atoms with Gasteiger partial charge in [-0.3, -0.25) is 10.2 Å². The average molecular weight is 219 g/mol. The molecule has 0 aromatic rings. The van der Waals surface area contributed by atoms with Crippen LogP contribution < -0.4 is 5.32 Å². The number of hydrogen-bond donors (Lipinski definition) is 1. The Bertz CT molecular complexity index is 314. The van der Waals surface area contributed by atoms with Crippen LogP contribution >= 0.6 is 0 Å². The van der Waals surface area contributed by atoms with Crippen LogP contribution in [0.5, 0.6) is 0 Å². The Morgan fingerprint density at radius 1 is 1.38 bits per heavy atom. The van der Waals surface area contributed by atoms with Crippen molar-refractivity contribution in [1.29, 1.82) is 5.26 Å². The number of rotatable bonds is 4. The zero-order valence-corrected chi connectivity index (χ0v) is 10.1. The molecule has 0 radical (unpaired) electrons. The zero-order chi connectivity index (χ0) is 11.2. The van der Waals surface area contributed by atoms with Crippen LogP contribution in [-0.4, -0.2) is 35.6 Å². The molecule has 0 aromatic carbocycles. The molecule has 0 spiro atoms. The minimum absolute atomic E-state index is 0.245. The molecule has 16 heavy (non-hydrogen) atoms. The first kappa shape index (κ1) is 10.6. The van der Waals surface area contributed by atoms with Crippen LogP contribution in [0.3, 0.4) is 0 Å². The third-order valence-electron chi connectivity index (χ3n) is 4.32. The first-order chi connectivity index (χ1) is 7.72. The summed E-state index contributed by atoms with van der Waals surface area (Å²) in [6.07, 6.45) is 6.41. The van der Waals surface area contributed by atoms with E-state index in [9.17, 15) is 5.26 Å². The van der Waals surface area contributed by atoms with Crippen molar-refractivity contribution in [3.63, 3.8) is 0 Å². The smallest absolute Gasteiger partial charge is 0.121 e. The summed E-state index contributed by atoms with van der Waals surface area (Å²) in [7, 11) is 0. The molecule has 1 saturated heterocycles. The third-order valence-corrected chi connectivity index (χ3v) is 4.32. The molecule has 3 aliphatic rings. The van der Waals surface area contributed by atoms with Crippen LogP contribution in [0.15, 0.2) is 0 Å². The Kier molecular flexibility index (Phi) is 2.45. The average Bonchev–Trinajstić information content (AvgIpc) is 3.15. The van der Waals surface area contributed by atoms with Crippen LogP contribution in [0.1, 0.15) is 39.0 Å². The van der Waals surface area contributed by atoms with E-state index in [2.05, 4.69) is 23.2 Å². The highest BCUT2D eigenvalue weighted by molar-refractivity contribution is 5.16. The van der Waals surface area contributed by atoms with Crippen molar-refractivity contribution in [2.24, 2.45) is 5.92 Å². The van der Waals surface area contributed by atoms with E-state index in [1.165, 1.54) is 25.7 Å². The van der Waals surface area contributed by atoms with Crippen molar-refractivity contribution in [3.8, 4) is 6.07 Å². The van der Waals surface area contributed by atoms with Crippen molar-refractivity contribution in [3.05, 3.63) is 0 Å². The van der Waals surface area contributed by atoms with Crippen molar-refractivity contribution in [1.82, 2.24) is 10.2 Å². The number of nitriles is 1. The van der Waals surface area contributed by atoms with Gasteiger partial charge in [0.25, 0.3) is 0 Å². The first-order valence-corrected chi connectivity index (χ1v) is 6.64. The van der Waals surface area contributed by atoms with E-state index in [0.29, 0.717) is 6.04 Å². The van der Waals surface area contributed by atoms with Crippen LogP contribution in [0, 0.1) is 17.2 Å². The highest BCUT2D eigenvalue weighted by Crippen LogP contribution is 2.37. The summed E-state index contributed by atoms with van der Waals surface area (Å²) in [4.78, 5) is 2.54. The van der Waals surface area contributed by atoms with E-state index in [1.54, 1.807) is 0 Å². The summed E-state index contributed by atoms with van der Waals surface area (Å²) in [5, 5.41) is 13.0. The van der Waals surface area contributed by atoms with Gasteiger partial charge >= 0.3 is 0 Å². The van der Waals surface area contributed by atoms with Crippen molar-refractivity contribution >= 4 is 0 Å². The van der Waals surface area contributed by atoms with Gasteiger partial charge in [0.2, 0.25) is 0 Å². The summed E-state index contributed by atoms with van der Waals surface area (Å²) in [6.45, 7) is 4.27. The largest absolute Gasteiger partial charge is 0.298 e. The van der Waals surface area contributed by atoms with Gasteiger partial charge in [0, 0.05) is 18.6 Å². The Morgan fingerprint density at radius 3 is 2.69 bits per heavy atom. The van der Waals surface area contributed by atoms with Gasteiger partial charge in [-0.1, -0.05) is 0 Å². The van der Waals surface area contributed by atoms with Gasteiger partial charge < -0.3 is 0 Å². The van der Waals surface area contributed by atoms with Crippen molar-refractivity contribution in [2.75, 3.05) is 13.1 Å². The van der Waals surface area contributed by atoms with Crippen LogP contribution in [0.25, 0.3) is 0 Å². The number of nitrogens with zero attached hydrogens (tertiary/aromatic N) is 2. The Balaban J connectivity index is 1.63. The van der Waals surface area contributed by atoms with Gasteiger partial charge in [0.05, 0.1) is 6.07 Å². The second-order valence-electron chi connectivity index (χ2n) is 5.97. The normalized spacial score (nSPS) is 39.9. The fourth-order valence-corrected chi connectivity index (χ4v) is 2.96. The molecule has 3 heteroatoms. The Labute approximate surface area is 97.8 Å². The lowest BCUT2D eigenvalue weighted by Crippen LogP contribution is -2.47. The van der Waals surface area contributed by atoms with Gasteiger partial charge in [-0.2, -0.15) is 5.26 Å². The van der Waals surface area contributed by atoms with Crippen molar-refractivity contribution < 1.29 is 0 Å². The van der Waals surface area contributed by atoms with Gasteiger partial charge in [-0.15, -0.1) is 0 Å². The lowest BCUT2D eigenvalue weighted by molar-refractivity contribution is 0.249. The molecule has 1 aliphatic heterocycles. The fourth-order valence-electron chi connectivity index (χ4n) is 2.96. The number of likely N-dealkylation sites (tertiary alicyclic amines) is 1. The fraction of sp³-hybridized carbons (Fsp3) is 0.923. The number of hydrogen-bond acceptors (Lipinski definition) is 3. The standard InChI is InChI=1S/C13H21N3/c1-10-6-13(8-14,15-7-11-2-3-11)9-16(10)12-4-5-12/h10-12,15H,2-7,9H2,1H3. The highest BCUT2D eigenvalue weighted by Gasteiger charge is 2.47. The second-order valence-corrected chi connectivity index (χ2v) is 5.97. The van der Waals surface area contributed by atoms with E-state index >= 15 is 0 Å². The van der Waals surface area contributed by atoms with Gasteiger partial charge in [-0.25, -0.2) is 0 Å². The summed E-state index contributed by atoms with van der Waals surface area (Å²) < 4.78 is 0. The minimum atomic E-state index is -0.245. The molecule has 2 aliphatic carbocycles. The van der Waals surface area contributed by atoms with Crippen LogP contribution in [-0.2, 0) is 0 Å². The molecule has 3 fully saturated rings. The van der Waals surface area contributed by atoms with Gasteiger partial charge in [0.1, 0.15) is 5.54 Å². The van der Waals surface area contributed by atoms with Gasteiger partial charge in [0.15, 0.2) is 0 Å². The summed E-state index contributed by atoms with van der Waals surface area (Å²) in [5.41, 5.74) is -0.245. The van der Waals surface area contributed by atoms with Gasteiger partial charge in [-0.05, 0) is 51.5 Å². The van der Waals surface area contributed by atoms with E-state index in [1.807, 2.05) is 0 Å². The summed E-state index contributed by atoms with van der Waals surface area (Å²) in [5.74, 6) is 0.857. The highest BCUT2D eigenvalue weighted by atomic mass is 15.3. The Morgan fingerprint density at radius 2 is 2.12 bits per heavy atom. The lowest BCUT2D eigenvalue weighted by Gasteiger charge is -2.23. The molecule has 88 valence electrons. The minimum Gasteiger partial charge on any atom is -0.298 e. The molecular formula is C13H21N3. The molecule has 3 rings (SSSR count). The van der Waals surface area contributed by atoms with Crippen LogP contribution in [0.2, 0.25) is 0 Å². The summed E-state index contributed by atoms with van der Waals surface area (Å²) >= 11 is 0. The predicted octanol–water partition coefficient (Wildman–Crippen LogP) is 1.50. The molecule has 2 atom stereocenters. The zero-order valence-electron chi connectivity index (χ0n) is 10.1. The molecule has 2 saturated carbocycles. The molecule has 2 unspecified atom stereocenters. The molecule has 0 amide bonds. The van der Waals surface area contributed by atoms with E-state index in [4.69, 9.17) is 0 Å². The maximum atomic E-state index is 9.45. The lowest BCUT2D eigenvalue weighted by atomic mass is 9.98. The van der Waals surface area contributed by atoms with E-state index in [0.717, 1.165) is 31.5 Å². The molecule has 1 N–H and O–H groups in total. The predicted molar refractivity (Wildman–Crippen MR) is 62.9 cm³/mol. The quantitative estimate of drug-likeness (QED) is 0.779. The van der Waals surface area contributed by atoms with Crippen LogP contribution in [0.4, 0.5) is 0 Å². The monoisotopic (exact) mass is 219 g/mol.